The maximum Gasteiger partial charge on any atom is 0.0672 e. The first-order valence-corrected chi connectivity index (χ1v) is 5.86. The molecule has 4 nitrogen and oxygen atoms in total. The van der Waals surface area contributed by atoms with E-state index in [0.29, 0.717) is 0 Å². The maximum absolute atomic E-state index is 4.35. The van der Waals surface area contributed by atoms with Gasteiger partial charge in [-0.1, -0.05) is 6.92 Å². The SMILES string of the molecule is CCNCc1cncc(-c2cn(C)nc2C)c1. The van der Waals surface area contributed by atoms with Crippen molar-refractivity contribution in [2.75, 3.05) is 6.54 Å². The fourth-order valence-corrected chi connectivity index (χ4v) is 1.88. The molecule has 0 saturated carbocycles. The first-order valence-electron chi connectivity index (χ1n) is 5.86. The average molecular weight is 230 g/mol. The number of aromatic nitrogens is 3. The molecule has 0 aliphatic carbocycles. The quantitative estimate of drug-likeness (QED) is 0.872. The van der Waals surface area contributed by atoms with Crippen molar-refractivity contribution >= 4 is 0 Å². The van der Waals surface area contributed by atoms with Crippen LogP contribution < -0.4 is 5.32 Å². The lowest BCUT2D eigenvalue weighted by Crippen LogP contribution is -2.11. The van der Waals surface area contributed by atoms with Gasteiger partial charge in [0.15, 0.2) is 0 Å². The van der Waals surface area contributed by atoms with Crippen LogP contribution in [0.2, 0.25) is 0 Å². The Morgan fingerprint density at radius 2 is 2.18 bits per heavy atom. The van der Waals surface area contributed by atoms with Gasteiger partial charge in [0.2, 0.25) is 0 Å². The number of aryl methyl sites for hydroxylation is 2. The number of hydrogen-bond acceptors (Lipinski definition) is 3. The largest absolute Gasteiger partial charge is 0.313 e. The molecule has 0 spiro atoms. The molecule has 0 bridgehead atoms. The average Bonchev–Trinajstić information content (AvgIpc) is 2.66. The Balaban J connectivity index is 2.29. The third-order valence-electron chi connectivity index (χ3n) is 2.70. The monoisotopic (exact) mass is 230 g/mol. The second kappa shape index (κ2) is 5.10. The minimum absolute atomic E-state index is 0.858. The first kappa shape index (κ1) is 11.8. The van der Waals surface area contributed by atoms with E-state index in [1.807, 2.05) is 37.2 Å². The van der Waals surface area contributed by atoms with Gasteiger partial charge >= 0.3 is 0 Å². The third kappa shape index (κ3) is 2.71. The summed E-state index contributed by atoms with van der Waals surface area (Å²) in [4.78, 5) is 4.29. The molecule has 0 aliphatic rings. The second-order valence-electron chi connectivity index (χ2n) is 4.16. The van der Waals surface area contributed by atoms with Gasteiger partial charge in [-0.2, -0.15) is 5.10 Å². The highest BCUT2D eigenvalue weighted by Crippen LogP contribution is 2.22. The summed E-state index contributed by atoms with van der Waals surface area (Å²) in [6, 6.07) is 2.17. The molecule has 90 valence electrons. The number of rotatable bonds is 4. The van der Waals surface area contributed by atoms with Crippen molar-refractivity contribution in [1.29, 1.82) is 0 Å². The van der Waals surface area contributed by atoms with Crippen LogP contribution in [-0.4, -0.2) is 21.3 Å². The zero-order valence-electron chi connectivity index (χ0n) is 10.6. The van der Waals surface area contributed by atoms with Crippen molar-refractivity contribution < 1.29 is 0 Å². The van der Waals surface area contributed by atoms with Gasteiger partial charge < -0.3 is 5.32 Å². The zero-order chi connectivity index (χ0) is 12.3. The number of nitrogens with one attached hydrogen (secondary N) is 1. The van der Waals surface area contributed by atoms with E-state index in [1.165, 1.54) is 5.56 Å². The summed E-state index contributed by atoms with van der Waals surface area (Å²) in [6.45, 7) is 5.95. The van der Waals surface area contributed by atoms with Crippen LogP contribution >= 0.6 is 0 Å². The smallest absolute Gasteiger partial charge is 0.0672 e. The van der Waals surface area contributed by atoms with Crippen molar-refractivity contribution in [1.82, 2.24) is 20.1 Å². The minimum atomic E-state index is 0.858. The maximum atomic E-state index is 4.35. The molecule has 4 heteroatoms. The van der Waals surface area contributed by atoms with Gasteiger partial charge in [0.1, 0.15) is 0 Å². The van der Waals surface area contributed by atoms with Crippen molar-refractivity contribution in [2.45, 2.75) is 20.4 Å². The van der Waals surface area contributed by atoms with E-state index in [0.717, 1.165) is 29.9 Å². The predicted octanol–water partition coefficient (Wildman–Crippen LogP) is 1.90. The van der Waals surface area contributed by atoms with E-state index < -0.39 is 0 Å². The molecule has 2 heterocycles. The predicted molar refractivity (Wildman–Crippen MR) is 68.6 cm³/mol. The van der Waals surface area contributed by atoms with Crippen LogP contribution in [-0.2, 0) is 13.6 Å². The lowest BCUT2D eigenvalue weighted by molar-refractivity contribution is 0.724. The first-order chi connectivity index (χ1) is 8.20. The minimum Gasteiger partial charge on any atom is -0.313 e. The molecule has 0 aliphatic heterocycles. The zero-order valence-corrected chi connectivity index (χ0v) is 10.6. The molecular formula is C13H18N4. The van der Waals surface area contributed by atoms with Gasteiger partial charge in [-0.15, -0.1) is 0 Å². The lowest BCUT2D eigenvalue weighted by Gasteiger charge is -2.04. The van der Waals surface area contributed by atoms with Gasteiger partial charge in [0, 0.05) is 43.3 Å². The summed E-state index contributed by atoms with van der Waals surface area (Å²) in [5.74, 6) is 0. The molecule has 1 N–H and O–H groups in total. The summed E-state index contributed by atoms with van der Waals surface area (Å²) < 4.78 is 1.83. The summed E-state index contributed by atoms with van der Waals surface area (Å²) in [7, 11) is 1.94. The summed E-state index contributed by atoms with van der Waals surface area (Å²) in [5, 5.41) is 7.65. The van der Waals surface area contributed by atoms with E-state index in [-0.39, 0.29) is 0 Å². The van der Waals surface area contributed by atoms with Crippen LogP contribution in [0.3, 0.4) is 0 Å². The molecule has 0 fully saturated rings. The molecule has 2 rings (SSSR count). The lowest BCUT2D eigenvalue weighted by atomic mass is 10.1. The van der Waals surface area contributed by atoms with Crippen molar-refractivity contribution in [2.24, 2.45) is 7.05 Å². The fraction of sp³-hybridized carbons (Fsp3) is 0.385. The van der Waals surface area contributed by atoms with Crippen LogP contribution in [0.5, 0.6) is 0 Å². The number of hydrogen-bond donors (Lipinski definition) is 1. The van der Waals surface area contributed by atoms with E-state index in [1.54, 1.807) is 0 Å². The molecule has 0 radical (unpaired) electrons. The van der Waals surface area contributed by atoms with Gasteiger partial charge in [-0.05, 0) is 25.1 Å². The third-order valence-corrected chi connectivity index (χ3v) is 2.70. The standard InChI is InChI=1S/C13H18N4/c1-4-14-6-11-5-12(8-15-7-11)13-9-17(3)16-10(13)2/h5,7-9,14H,4,6H2,1-3H3. The number of pyridine rings is 1. The van der Waals surface area contributed by atoms with Gasteiger partial charge in [0.25, 0.3) is 0 Å². The van der Waals surface area contributed by atoms with Gasteiger partial charge in [0.05, 0.1) is 5.69 Å². The van der Waals surface area contributed by atoms with E-state index in [2.05, 4.69) is 28.4 Å². The molecule has 2 aromatic rings. The molecular weight excluding hydrogens is 212 g/mol. The fourth-order valence-electron chi connectivity index (χ4n) is 1.88. The van der Waals surface area contributed by atoms with Crippen LogP contribution in [0.4, 0.5) is 0 Å². The van der Waals surface area contributed by atoms with Crippen LogP contribution in [0.25, 0.3) is 11.1 Å². The number of nitrogens with zero attached hydrogens (tertiary/aromatic N) is 3. The molecule has 0 amide bonds. The Morgan fingerprint density at radius 1 is 1.35 bits per heavy atom. The normalized spacial score (nSPS) is 10.8. The van der Waals surface area contributed by atoms with Crippen molar-refractivity contribution in [3.05, 3.63) is 35.9 Å². The topological polar surface area (TPSA) is 42.7 Å². The summed E-state index contributed by atoms with van der Waals surface area (Å²) >= 11 is 0. The summed E-state index contributed by atoms with van der Waals surface area (Å²) in [6.07, 6.45) is 5.82. The Morgan fingerprint density at radius 3 is 2.82 bits per heavy atom. The van der Waals surface area contributed by atoms with Gasteiger partial charge in [-0.25, -0.2) is 0 Å². The molecule has 0 aromatic carbocycles. The van der Waals surface area contributed by atoms with Crippen molar-refractivity contribution in [3.63, 3.8) is 0 Å². The van der Waals surface area contributed by atoms with Crippen LogP contribution in [0, 0.1) is 6.92 Å². The molecule has 0 atom stereocenters. The highest BCUT2D eigenvalue weighted by atomic mass is 15.2. The van der Waals surface area contributed by atoms with Crippen LogP contribution in [0.1, 0.15) is 18.2 Å². The van der Waals surface area contributed by atoms with Crippen molar-refractivity contribution in [3.8, 4) is 11.1 Å². The van der Waals surface area contributed by atoms with Crippen LogP contribution in [0.15, 0.2) is 24.7 Å². The Hall–Kier alpha value is -1.68. The molecule has 0 unspecified atom stereocenters. The van der Waals surface area contributed by atoms with E-state index in [4.69, 9.17) is 0 Å². The molecule has 0 saturated heterocycles. The van der Waals surface area contributed by atoms with E-state index in [9.17, 15) is 0 Å². The van der Waals surface area contributed by atoms with Gasteiger partial charge in [-0.3, -0.25) is 9.67 Å². The highest BCUT2D eigenvalue weighted by Gasteiger charge is 2.06. The van der Waals surface area contributed by atoms with E-state index >= 15 is 0 Å². The molecule has 17 heavy (non-hydrogen) atoms. The summed E-state index contributed by atoms with van der Waals surface area (Å²) in [5.41, 5.74) is 4.52. The Labute approximate surface area is 102 Å². The highest BCUT2D eigenvalue weighted by molar-refractivity contribution is 5.64. The Kier molecular flexibility index (Phi) is 3.54. The second-order valence-corrected chi connectivity index (χ2v) is 4.16. The Bertz CT molecular complexity index is 502. The molecule has 2 aromatic heterocycles.